The van der Waals surface area contributed by atoms with E-state index in [1.54, 1.807) is 18.2 Å². The van der Waals surface area contributed by atoms with Crippen LogP contribution in [-0.4, -0.2) is 32.1 Å². The van der Waals surface area contributed by atoms with Crippen molar-refractivity contribution < 1.29 is 13.9 Å². The summed E-state index contributed by atoms with van der Waals surface area (Å²) in [5.74, 6) is 0.134. The summed E-state index contributed by atoms with van der Waals surface area (Å²) in [7, 11) is 0. The molecule has 1 saturated heterocycles. The Bertz CT molecular complexity index is 515. The van der Waals surface area contributed by atoms with E-state index < -0.39 is 0 Å². The topological polar surface area (TPSA) is 50.4 Å². The molecule has 1 spiro atoms. The van der Waals surface area contributed by atoms with Crippen LogP contribution in [0.1, 0.15) is 19.3 Å². The molecule has 0 aromatic heterocycles. The number of ether oxygens (including phenoxy) is 1. The number of carbonyl (C=O) groups is 1. The number of hydrogen-bond donors (Lipinski definition) is 2. The molecule has 1 aliphatic carbocycles. The first-order valence-corrected chi connectivity index (χ1v) is 7.57. The smallest absolute Gasteiger partial charge is 0.223 e. The lowest BCUT2D eigenvalue weighted by atomic mass is 9.92. The fourth-order valence-electron chi connectivity index (χ4n) is 3.22. The minimum absolute atomic E-state index is 0.119. The van der Waals surface area contributed by atoms with Gasteiger partial charge in [0.1, 0.15) is 6.61 Å². The summed E-state index contributed by atoms with van der Waals surface area (Å²) in [6, 6.07) is 6.29. The molecule has 1 aromatic carbocycles. The van der Waals surface area contributed by atoms with Crippen LogP contribution < -0.4 is 15.4 Å². The lowest BCUT2D eigenvalue weighted by Gasteiger charge is -2.23. The third-order valence-electron chi connectivity index (χ3n) is 4.60. The van der Waals surface area contributed by atoms with Crippen LogP contribution in [0.2, 0.25) is 0 Å². The summed E-state index contributed by atoms with van der Waals surface area (Å²) in [4.78, 5) is 12.1. The van der Waals surface area contributed by atoms with Gasteiger partial charge < -0.3 is 15.4 Å². The molecule has 5 heteroatoms. The second-order valence-corrected chi connectivity index (χ2v) is 5.94. The third kappa shape index (κ3) is 3.18. The van der Waals surface area contributed by atoms with Crippen LogP contribution in [0.25, 0.3) is 0 Å². The Morgan fingerprint density at radius 2 is 2.14 bits per heavy atom. The van der Waals surface area contributed by atoms with Gasteiger partial charge in [-0.25, -0.2) is 4.39 Å². The van der Waals surface area contributed by atoms with E-state index in [4.69, 9.17) is 4.74 Å². The summed E-state index contributed by atoms with van der Waals surface area (Å²) >= 11 is 0. The Kier molecular flexibility index (Phi) is 4.10. The molecule has 1 amide bonds. The first-order valence-electron chi connectivity index (χ1n) is 7.57. The molecule has 0 bridgehead atoms. The summed E-state index contributed by atoms with van der Waals surface area (Å²) in [6.45, 7) is 2.73. The molecule has 1 saturated carbocycles. The van der Waals surface area contributed by atoms with E-state index in [9.17, 15) is 9.18 Å². The lowest BCUT2D eigenvalue weighted by molar-refractivity contribution is -0.123. The number of hydrogen-bond acceptors (Lipinski definition) is 3. The lowest BCUT2D eigenvalue weighted by Crippen LogP contribution is -2.35. The molecular weight excluding hydrogens is 271 g/mol. The van der Waals surface area contributed by atoms with Gasteiger partial charge in [-0.2, -0.15) is 0 Å². The van der Waals surface area contributed by atoms with Gasteiger partial charge in [0.25, 0.3) is 0 Å². The van der Waals surface area contributed by atoms with Crippen molar-refractivity contribution in [1.82, 2.24) is 10.6 Å². The normalized spacial score (nSPS) is 22.8. The van der Waals surface area contributed by atoms with Crippen molar-refractivity contribution in [2.24, 2.45) is 11.3 Å². The average molecular weight is 292 g/mol. The van der Waals surface area contributed by atoms with E-state index in [1.165, 1.54) is 6.07 Å². The zero-order chi connectivity index (χ0) is 14.7. The molecule has 0 radical (unpaired) electrons. The summed E-state index contributed by atoms with van der Waals surface area (Å²) in [6.07, 6.45) is 3.20. The van der Waals surface area contributed by atoms with Crippen molar-refractivity contribution in [2.75, 3.05) is 26.2 Å². The maximum atomic E-state index is 13.3. The van der Waals surface area contributed by atoms with Gasteiger partial charge in [0, 0.05) is 5.92 Å². The van der Waals surface area contributed by atoms with Crippen LogP contribution in [0, 0.1) is 17.2 Å². The van der Waals surface area contributed by atoms with Crippen molar-refractivity contribution in [2.45, 2.75) is 19.3 Å². The first kappa shape index (κ1) is 14.3. The second kappa shape index (κ2) is 6.02. The van der Waals surface area contributed by atoms with Gasteiger partial charge in [0.05, 0.1) is 6.54 Å². The van der Waals surface area contributed by atoms with Crippen LogP contribution in [0.4, 0.5) is 4.39 Å². The Hall–Kier alpha value is -1.62. The Labute approximate surface area is 124 Å². The molecule has 3 rings (SSSR count). The zero-order valence-electron chi connectivity index (χ0n) is 12.0. The van der Waals surface area contributed by atoms with Gasteiger partial charge in [0.2, 0.25) is 5.91 Å². The number of piperidine rings is 1. The van der Waals surface area contributed by atoms with Crippen LogP contribution in [-0.2, 0) is 4.79 Å². The number of para-hydroxylation sites is 1. The second-order valence-electron chi connectivity index (χ2n) is 5.94. The largest absolute Gasteiger partial charge is 0.489 e. The molecular formula is C16H21FN2O2. The first-order chi connectivity index (χ1) is 10.2. The quantitative estimate of drug-likeness (QED) is 0.812. The van der Waals surface area contributed by atoms with E-state index in [-0.39, 0.29) is 35.4 Å². The molecule has 1 aromatic rings. The van der Waals surface area contributed by atoms with E-state index >= 15 is 0 Å². The average Bonchev–Trinajstić information content (AvgIpc) is 3.19. The summed E-state index contributed by atoms with van der Waals surface area (Å²) in [5.41, 5.74) is 0.252. The van der Waals surface area contributed by atoms with Crippen molar-refractivity contribution in [1.29, 1.82) is 0 Å². The highest BCUT2D eigenvalue weighted by atomic mass is 19.1. The third-order valence-corrected chi connectivity index (χ3v) is 4.60. The van der Waals surface area contributed by atoms with Crippen molar-refractivity contribution >= 4 is 5.91 Å². The highest BCUT2D eigenvalue weighted by Gasteiger charge is 2.57. The standard InChI is InChI=1S/C16H21FN2O2/c17-13-3-1-2-4-14(13)21-10-9-19-15(20)12-11-16(12)5-7-18-8-6-16/h1-4,12,18H,5-11H2,(H,19,20). The minimum Gasteiger partial charge on any atom is -0.489 e. The number of carbonyl (C=O) groups excluding carboxylic acids is 1. The van der Waals surface area contributed by atoms with Crippen LogP contribution in [0.15, 0.2) is 24.3 Å². The SMILES string of the molecule is O=C(NCCOc1ccccc1F)C1CC12CCNCC2. The minimum atomic E-state index is -0.375. The number of nitrogens with one attached hydrogen (secondary N) is 2. The Morgan fingerprint density at radius 3 is 2.90 bits per heavy atom. The van der Waals surface area contributed by atoms with Gasteiger partial charge in [-0.3, -0.25) is 4.79 Å². The molecule has 4 nitrogen and oxygen atoms in total. The molecule has 1 unspecified atom stereocenters. The number of rotatable bonds is 5. The maximum Gasteiger partial charge on any atom is 0.223 e. The molecule has 1 heterocycles. The van der Waals surface area contributed by atoms with Gasteiger partial charge in [-0.15, -0.1) is 0 Å². The Balaban J connectivity index is 1.38. The highest BCUT2D eigenvalue weighted by Crippen LogP contribution is 2.58. The predicted molar refractivity (Wildman–Crippen MR) is 77.5 cm³/mol. The molecule has 2 aliphatic rings. The maximum absolute atomic E-state index is 13.3. The van der Waals surface area contributed by atoms with E-state index in [0.29, 0.717) is 6.54 Å². The van der Waals surface area contributed by atoms with Crippen LogP contribution in [0.3, 0.4) is 0 Å². The predicted octanol–water partition coefficient (Wildman–Crippen LogP) is 1.71. The van der Waals surface area contributed by atoms with E-state index in [2.05, 4.69) is 10.6 Å². The number of benzene rings is 1. The molecule has 1 aliphatic heterocycles. The van der Waals surface area contributed by atoms with Crippen LogP contribution in [0.5, 0.6) is 5.75 Å². The van der Waals surface area contributed by atoms with Crippen LogP contribution >= 0.6 is 0 Å². The van der Waals surface area contributed by atoms with Gasteiger partial charge in [0.15, 0.2) is 11.6 Å². The van der Waals surface area contributed by atoms with Crippen molar-refractivity contribution in [3.63, 3.8) is 0 Å². The zero-order valence-corrected chi connectivity index (χ0v) is 12.0. The highest BCUT2D eigenvalue weighted by molar-refractivity contribution is 5.82. The van der Waals surface area contributed by atoms with Gasteiger partial charge >= 0.3 is 0 Å². The number of amides is 1. The monoisotopic (exact) mass is 292 g/mol. The fraction of sp³-hybridized carbons (Fsp3) is 0.562. The molecule has 21 heavy (non-hydrogen) atoms. The van der Waals surface area contributed by atoms with Crippen molar-refractivity contribution in [3.8, 4) is 5.75 Å². The van der Waals surface area contributed by atoms with Gasteiger partial charge in [-0.1, -0.05) is 12.1 Å². The molecule has 2 N–H and O–H groups in total. The van der Waals surface area contributed by atoms with Gasteiger partial charge in [-0.05, 0) is 49.9 Å². The summed E-state index contributed by atoms with van der Waals surface area (Å²) in [5, 5.41) is 6.23. The van der Waals surface area contributed by atoms with E-state index in [1.807, 2.05) is 0 Å². The fourth-order valence-corrected chi connectivity index (χ4v) is 3.22. The molecule has 2 fully saturated rings. The Morgan fingerprint density at radius 1 is 1.38 bits per heavy atom. The van der Waals surface area contributed by atoms with E-state index in [0.717, 1.165) is 32.4 Å². The summed E-state index contributed by atoms with van der Waals surface area (Å²) < 4.78 is 18.7. The van der Waals surface area contributed by atoms with Crippen molar-refractivity contribution in [3.05, 3.63) is 30.1 Å². The molecule has 1 atom stereocenters. The number of halogens is 1. The molecule has 114 valence electrons.